The molecule has 0 spiro atoms. The topological polar surface area (TPSA) is 126 Å². The summed E-state index contributed by atoms with van der Waals surface area (Å²) in [6, 6.07) is 6.43. The highest BCUT2D eigenvalue weighted by atomic mass is 32.1. The van der Waals surface area contributed by atoms with Crippen LogP contribution in [0.25, 0.3) is 0 Å². The second-order valence-corrected chi connectivity index (χ2v) is 7.29. The van der Waals surface area contributed by atoms with Crippen LogP contribution < -0.4 is 21.5 Å². The van der Waals surface area contributed by atoms with E-state index in [1.165, 1.54) is 6.42 Å². The minimum Gasteiger partial charge on any atom is -0.463 e. The first-order chi connectivity index (χ1) is 14.9. The number of amides is 3. The molecule has 10 heteroatoms. The van der Waals surface area contributed by atoms with Crippen LogP contribution in [0.3, 0.4) is 0 Å². The van der Waals surface area contributed by atoms with E-state index >= 15 is 0 Å². The van der Waals surface area contributed by atoms with E-state index in [2.05, 4.69) is 26.2 Å². The minimum absolute atomic E-state index is 0.0108. The molecule has 166 valence electrons. The van der Waals surface area contributed by atoms with Crippen LogP contribution in [0.2, 0.25) is 0 Å². The number of rotatable bonds is 6. The van der Waals surface area contributed by atoms with E-state index in [1.54, 1.807) is 31.2 Å². The first-order valence-electron chi connectivity index (χ1n) is 10.1. The summed E-state index contributed by atoms with van der Waals surface area (Å²) in [5.74, 6) is -1.73. The number of benzene rings is 1. The van der Waals surface area contributed by atoms with Crippen LogP contribution in [0.5, 0.6) is 0 Å². The summed E-state index contributed by atoms with van der Waals surface area (Å²) in [5.41, 5.74) is 5.70. The monoisotopic (exact) mass is 446 g/mol. The summed E-state index contributed by atoms with van der Waals surface area (Å²) in [4.78, 5) is 47.3. The molecule has 0 radical (unpaired) electrons. The third-order valence-corrected chi connectivity index (χ3v) is 4.78. The van der Waals surface area contributed by atoms with Crippen molar-refractivity contribution < 1.29 is 23.9 Å². The average molecular weight is 447 g/mol. The quantitative estimate of drug-likeness (QED) is 0.228. The lowest BCUT2D eigenvalue weighted by Crippen LogP contribution is -2.48. The van der Waals surface area contributed by atoms with E-state index in [1.807, 2.05) is 0 Å². The second-order valence-electron chi connectivity index (χ2n) is 6.88. The van der Waals surface area contributed by atoms with Crippen molar-refractivity contribution in [2.24, 2.45) is 5.92 Å². The smallest absolute Gasteiger partial charge is 0.330 e. The van der Waals surface area contributed by atoms with E-state index in [0.29, 0.717) is 11.3 Å². The maximum Gasteiger partial charge on any atom is 0.330 e. The Morgan fingerprint density at radius 1 is 1.03 bits per heavy atom. The Balaban J connectivity index is 1.76. The SMILES string of the molecule is CCOC(=O)C=CC(=O)NC(=S)NNC(=O)c1ccc(NC(=O)C2CCCCC2)cc1. The van der Waals surface area contributed by atoms with E-state index < -0.39 is 17.8 Å². The molecule has 0 bridgehead atoms. The molecule has 0 atom stereocenters. The number of esters is 1. The lowest BCUT2D eigenvalue weighted by Gasteiger charge is -2.20. The van der Waals surface area contributed by atoms with E-state index in [0.717, 1.165) is 37.8 Å². The van der Waals surface area contributed by atoms with Gasteiger partial charge in [0, 0.05) is 29.3 Å². The van der Waals surface area contributed by atoms with Crippen molar-refractivity contribution in [3.63, 3.8) is 0 Å². The number of hydrogen-bond donors (Lipinski definition) is 4. The zero-order chi connectivity index (χ0) is 22.6. The average Bonchev–Trinajstić information content (AvgIpc) is 2.77. The van der Waals surface area contributed by atoms with Gasteiger partial charge in [-0.25, -0.2) is 4.79 Å². The molecular weight excluding hydrogens is 420 g/mol. The molecule has 0 saturated heterocycles. The lowest BCUT2D eigenvalue weighted by molar-refractivity contribution is -0.137. The van der Waals surface area contributed by atoms with Crippen LogP contribution in [0.4, 0.5) is 5.69 Å². The Labute approximate surface area is 185 Å². The molecule has 1 saturated carbocycles. The first kappa shape index (κ1) is 24.0. The Morgan fingerprint density at radius 2 is 1.71 bits per heavy atom. The summed E-state index contributed by atoms with van der Waals surface area (Å²) in [6.45, 7) is 1.85. The summed E-state index contributed by atoms with van der Waals surface area (Å²) in [7, 11) is 0. The molecule has 3 amide bonds. The number of carbonyl (C=O) groups is 4. The van der Waals surface area contributed by atoms with Gasteiger partial charge in [-0.1, -0.05) is 19.3 Å². The predicted octanol–water partition coefficient (Wildman–Crippen LogP) is 1.96. The molecule has 0 heterocycles. The molecule has 1 aliphatic rings. The molecule has 0 aromatic heterocycles. The first-order valence-corrected chi connectivity index (χ1v) is 10.5. The Hall–Kier alpha value is -3.27. The Morgan fingerprint density at radius 3 is 2.35 bits per heavy atom. The van der Waals surface area contributed by atoms with E-state index in [4.69, 9.17) is 12.2 Å². The largest absolute Gasteiger partial charge is 0.463 e. The zero-order valence-electron chi connectivity index (χ0n) is 17.2. The fraction of sp³-hybridized carbons (Fsp3) is 0.381. The van der Waals surface area contributed by atoms with Crippen LogP contribution in [-0.4, -0.2) is 35.4 Å². The van der Waals surface area contributed by atoms with E-state index in [9.17, 15) is 19.2 Å². The highest BCUT2D eigenvalue weighted by Gasteiger charge is 2.21. The molecular formula is C21H26N4O5S. The number of ether oxygens (including phenoxy) is 1. The zero-order valence-corrected chi connectivity index (χ0v) is 18.1. The summed E-state index contributed by atoms with van der Waals surface area (Å²) < 4.78 is 4.65. The Kier molecular flexibility index (Phi) is 9.63. The lowest BCUT2D eigenvalue weighted by atomic mass is 9.88. The second kappa shape index (κ2) is 12.4. The molecule has 31 heavy (non-hydrogen) atoms. The summed E-state index contributed by atoms with van der Waals surface area (Å²) in [6.07, 6.45) is 7.09. The molecule has 2 rings (SSSR count). The van der Waals surface area contributed by atoms with Crippen LogP contribution in [0, 0.1) is 5.92 Å². The van der Waals surface area contributed by atoms with Crippen molar-refractivity contribution in [1.29, 1.82) is 0 Å². The number of thiocarbonyl (C=S) groups is 1. The summed E-state index contributed by atoms with van der Waals surface area (Å²) in [5, 5.41) is 5.00. The molecule has 1 aromatic rings. The fourth-order valence-electron chi connectivity index (χ4n) is 3.02. The number of anilines is 1. The molecule has 9 nitrogen and oxygen atoms in total. The van der Waals surface area contributed by atoms with Crippen LogP contribution >= 0.6 is 12.2 Å². The van der Waals surface area contributed by atoms with Gasteiger partial charge in [-0.3, -0.25) is 30.6 Å². The highest BCUT2D eigenvalue weighted by Crippen LogP contribution is 2.25. The van der Waals surface area contributed by atoms with Crippen molar-refractivity contribution in [3.05, 3.63) is 42.0 Å². The van der Waals surface area contributed by atoms with Gasteiger partial charge in [0.1, 0.15) is 0 Å². The minimum atomic E-state index is -0.655. The van der Waals surface area contributed by atoms with Crippen molar-refractivity contribution in [2.45, 2.75) is 39.0 Å². The van der Waals surface area contributed by atoms with Gasteiger partial charge in [-0.2, -0.15) is 0 Å². The van der Waals surface area contributed by atoms with Crippen LogP contribution in [0.15, 0.2) is 36.4 Å². The Bertz CT molecular complexity index is 848. The third kappa shape index (κ3) is 8.55. The molecule has 0 aliphatic heterocycles. The van der Waals surface area contributed by atoms with E-state index in [-0.39, 0.29) is 23.5 Å². The van der Waals surface area contributed by atoms with Crippen LogP contribution in [-0.2, 0) is 19.1 Å². The number of hydrazine groups is 1. The molecule has 1 fully saturated rings. The maximum absolute atomic E-state index is 12.3. The molecule has 0 unspecified atom stereocenters. The van der Waals surface area contributed by atoms with Crippen molar-refractivity contribution in [1.82, 2.24) is 16.2 Å². The normalized spacial score (nSPS) is 13.8. The summed E-state index contributed by atoms with van der Waals surface area (Å²) >= 11 is 4.90. The van der Waals surface area contributed by atoms with Gasteiger partial charge in [0.25, 0.3) is 5.91 Å². The van der Waals surface area contributed by atoms with Gasteiger partial charge in [-0.05, 0) is 56.2 Å². The highest BCUT2D eigenvalue weighted by molar-refractivity contribution is 7.80. The number of nitrogens with one attached hydrogen (secondary N) is 4. The van der Waals surface area contributed by atoms with Crippen molar-refractivity contribution in [3.8, 4) is 0 Å². The fourth-order valence-corrected chi connectivity index (χ4v) is 3.17. The van der Waals surface area contributed by atoms with Crippen LogP contribution in [0.1, 0.15) is 49.4 Å². The van der Waals surface area contributed by atoms with Crippen molar-refractivity contribution >= 4 is 46.7 Å². The molecule has 1 aliphatic carbocycles. The predicted molar refractivity (Wildman–Crippen MR) is 119 cm³/mol. The van der Waals surface area contributed by atoms with Gasteiger partial charge in [0.05, 0.1) is 6.61 Å². The van der Waals surface area contributed by atoms with Gasteiger partial charge in [-0.15, -0.1) is 0 Å². The van der Waals surface area contributed by atoms with Gasteiger partial charge >= 0.3 is 5.97 Å². The standard InChI is InChI=1S/C21H26N4O5S/c1-2-30-18(27)13-12-17(26)23-21(31)25-24-20(29)15-8-10-16(11-9-15)22-19(28)14-6-4-3-5-7-14/h8-14H,2-7H2,1H3,(H,22,28)(H,24,29)(H2,23,25,26,31). The van der Waals surface area contributed by atoms with Gasteiger partial charge in [0.15, 0.2) is 5.11 Å². The molecule has 4 N–H and O–H groups in total. The van der Waals surface area contributed by atoms with Gasteiger partial charge < -0.3 is 10.1 Å². The van der Waals surface area contributed by atoms with Crippen molar-refractivity contribution in [2.75, 3.05) is 11.9 Å². The number of hydrogen-bond acceptors (Lipinski definition) is 6. The van der Waals surface area contributed by atoms with Gasteiger partial charge in [0.2, 0.25) is 11.8 Å². The maximum atomic E-state index is 12.3. The third-order valence-electron chi connectivity index (χ3n) is 4.57. The molecule has 1 aromatic carbocycles. The number of carbonyl (C=O) groups excluding carboxylic acids is 4.